The van der Waals surface area contributed by atoms with Crippen LogP contribution in [0.2, 0.25) is 0 Å². The highest BCUT2D eigenvalue weighted by Crippen LogP contribution is 2.44. The van der Waals surface area contributed by atoms with Gasteiger partial charge >= 0.3 is 0 Å². The van der Waals surface area contributed by atoms with Gasteiger partial charge in [-0.15, -0.1) is 11.8 Å². The fourth-order valence-corrected chi connectivity index (χ4v) is 7.73. The number of para-hydroxylation sites is 2. The zero-order valence-electron chi connectivity index (χ0n) is 20.7. The first-order valence-electron chi connectivity index (χ1n) is 13.2. The molecule has 1 unspecified atom stereocenters. The molecule has 0 radical (unpaired) electrons. The average Bonchev–Trinajstić information content (AvgIpc) is 3.34. The minimum Gasteiger partial charge on any atom is -0.325 e. The Morgan fingerprint density at radius 1 is 0.971 bits per heavy atom. The van der Waals surface area contributed by atoms with Crippen LogP contribution in [0.25, 0.3) is 11.0 Å². The van der Waals surface area contributed by atoms with Crippen LogP contribution >= 0.6 is 11.8 Å². The number of nitrogens with zero attached hydrogens (tertiary/aromatic N) is 3. The molecule has 0 aliphatic carbocycles. The Labute approximate surface area is 208 Å². The number of fused-ring (bicyclic) bond motifs is 3. The van der Waals surface area contributed by atoms with Gasteiger partial charge in [0.25, 0.3) is 0 Å². The normalized spacial score (nSPS) is 26.8. The third-order valence-electron chi connectivity index (χ3n) is 9.11. The lowest BCUT2D eigenvalue weighted by Gasteiger charge is -2.44. The lowest BCUT2D eigenvalue weighted by Crippen LogP contribution is -2.47. The summed E-state index contributed by atoms with van der Waals surface area (Å²) >= 11 is 1.84. The number of hydrogen-bond donors (Lipinski definition) is 1. The zero-order chi connectivity index (χ0) is 23.1. The summed E-state index contributed by atoms with van der Waals surface area (Å²) in [5, 5.41) is 3.61. The average molecular weight is 475 g/mol. The Kier molecular flexibility index (Phi) is 6.21. The maximum Gasteiger partial charge on any atom is 0.106 e. The molecule has 1 aromatic heterocycles. The van der Waals surface area contributed by atoms with E-state index in [4.69, 9.17) is 4.98 Å². The van der Waals surface area contributed by atoms with Gasteiger partial charge in [-0.25, -0.2) is 4.98 Å². The number of thioether (sulfide) groups is 1. The summed E-state index contributed by atoms with van der Waals surface area (Å²) < 4.78 is 2.56. The molecule has 3 saturated heterocycles. The van der Waals surface area contributed by atoms with Crippen molar-refractivity contribution in [2.75, 3.05) is 25.9 Å². The van der Waals surface area contributed by atoms with E-state index in [0.29, 0.717) is 11.5 Å². The molecule has 3 fully saturated rings. The predicted octanol–water partition coefficient (Wildman–Crippen LogP) is 5.95. The van der Waals surface area contributed by atoms with Crippen LogP contribution < -0.4 is 5.32 Å². The molecule has 0 amide bonds. The number of benzene rings is 2. The Morgan fingerprint density at radius 2 is 1.68 bits per heavy atom. The molecule has 34 heavy (non-hydrogen) atoms. The highest BCUT2D eigenvalue weighted by molar-refractivity contribution is 7.98. The molecule has 0 saturated carbocycles. The van der Waals surface area contributed by atoms with Crippen LogP contribution in [0.4, 0.5) is 0 Å². The number of aromatic nitrogens is 2. The molecule has 180 valence electrons. The van der Waals surface area contributed by atoms with E-state index in [-0.39, 0.29) is 0 Å². The van der Waals surface area contributed by atoms with Crippen LogP contribution in [-0.4, -0.2) is 52.4 Å². The molecule has 4 nitrogen and oxygen atoms in total. The lowest BCUT2D eigenvalue weighted by atomic mass is 9.70. The number of imidazole rings is 1. The van der Waals surface area contributed by atoms with Crippen molar-refractivity contribution in [2.45, 2.75) is 80.3 Å². The summed E-state index contributed by atoms with van der Waals surface area (Å²) in [4.78, 5) is 9.15. The smallest absolute Gasteiger partial charge is 0.106 e. The van der Waals surface area contributed by atoms with Crippen LogP contribution in [0.15, 0.2) is 53.4 Å². The van der Waals surface area contributed by atoms with Gasteiger partial charge in [-0.1, -0.05) is 24.3 Å². The molecule has 1 N–H and O–H groups in total. The SMILES string of the molecule is CSc1ccc(C2(CCN3[C@@H]4CC[C@H]3CC(n3c(C)nc5ccccc53)C4)CCNCC2)cc1. The number of nitrogens with one attached hydrogen (secondary N) is 1. The topological polar surface area (TPSA) is 33.1 Å². The molecule has 3 aromatic rings. The van der Waals surface area contributed by atoms with Crippen LogP contribution in [0.3, 0.4) is 0 Å². The Balaban J connectivity index is 1.19. The molecular weight excluding hydrogens is 436 g/mol. The van der Waals surface area contributed by atoms with Gasteiger partial charge in [-0.05, 0) is 113 Å². The lowest BCUT2D eigenvalue weighted by molar-refractivity contribution is 0.0929. The summed E-state index contributed by atoms with van der Waals surface area (Å²) in [6, 6.07) is 20.2. The van der Waals surface area contributed by atoms with Gasteiger partial charge in [0.15, 0.2) is 0 Å². The van der Waals surface area contributed by atoms with Crippen molar-refractivity contribution in [3.63, 3.8) is 0 Å². The molecule has 3 atom stereocenters. The van der Waals surface area contributed by atoms with Gasteiger partial charge in [-0.3, -0.25) is 4.90 Å². The van der Waals surface area contributed by atoms with E-state index in [0.717, 1.165) is 30.7 Å². The second kappa shape index (κ2) is 9.33. The first-order valence-corrected chi connectivity index (χ1v) is 14.4. The van der Waals surface area contributed by atoms with Gasteiger partial charge < -0.3 is 9.88 Å². The van der Waals surface area contributed by atoms with Gasteiger partial charge in [-0.2, -0.15) is 0 Å². The third kappa shape index (κ3) is 4.00. The zero-order valence-corrected chi connectivity index (χ0v) is 21.5. The fraction of sp³-hybridized carbons (Fsp3) is 0.552. The molecule has 2 bridgehead atoms. The Morgan fingerprint density at radius 3 is 2.38 bits per heavy atom. The van der Waals surface area contributed by atoms with Crippen molar-refractivity contribution in [3.8, 4) is 0 Å². The maximum atomic E-state index is 4.87. The molecule has 0 spiro atoms. The quantitative estimate of drug-likeness (QED) is 0.448. The molecule has 3 aliphatic heterocycles. The summed E-state index contributed by atoms with van der Waals surface area (Å²) in [7, 11) is 0. The van der Waals surface area contributed by atoms with Gasteiger partial charge in [0.1, 0.15) is 5.82 Å². The monoisotopic (exact) mass is 474 g/mol. The van der Waals surface area contributed by atoms with Crippen LogP contribution in [0.5, 0.6) is 0 Å². The molecule has 4 heterocycles. The van der Waals surface area contributed by atoms with Crippen molar-refractivity contribution >= 4 is 22.8 Å². The van der Waals surface area contributed by atoms with Crippen molar-refractivity contribution in [3.05, 3.63) is 59.9 Å². The highest BCUT2D eigenvalue weighted by Gasteiger charge is 2.43. The van der Waals surface area contributed by atoms with E-state index in [1.165, 1.54) is 67.7 Å². The highest BCUT2D eigenvalue weighted by atomic mass is 32.2. The van der Waals surface area contributed by atoms with Crippen molar-refractivity contribution in [1.29, 1.82) is 0 Å². The van der Waals surface area contributed by atoms with E-state index in [2.05, 4.69) is 76.5 Å². The van der Waals surface area contributed by atoms with Gasteiger partial charge in [0.2, 0.25) is 0 Å². The second-order valence-electron chi connectivity index (χ2n) is 10.8. The molecule has 5 heteroatoms. The molecule has 6 rings (SSSR count). The maximum absolute atomic E-state index is 4.87. The predicted molar refractivity (Wildman–Crippen MR) is 143 cm³/mol. The van der Waals surface area contributed by atoms with E-state index < -0.39 is 0 Å². The number of aryl methyl sites for hydroxylation is 1. The largest absolute Gasteiger partial charge is 0.325 e. The Bertz CT molecular complexity index is 1120. The second-order valence-corrected chi connectivity index (χ2v) is 11.7. The summed E-state index contributed by atoms with van der Waals surface area (Å²) in [6.45, 7) is 5.73. The third-order valence-corrected chi connectivity index (χ3v) is 9.85. The van der Waals surface area contributed by atoms with Crippen molar-refractivity contribution < 1.29 is 0 Å². The summed E-state index contributed by atoms with van der Waals surface area (Å²) in [5.74, 6) is 1.18. The first-order chi connectivity index (χ1) is 16.7. The van der Waals surface area contributed by atoms with Crippen LogP contribution in [0, 0.1) is 6.92 Å². The van der Waals surface area contributed by atoms with E-state index >= 15 is 0 Å². The van der Waals surface area contributed by atoms with Crippen LogP contribution in [-0.2, 0) is 5.41 Å². The van der Waals surface area contributed by atoms with E-state index in [1.807, 2.05) is 11.8 Å². The minimum absolute atomic E-state index is 0.329. The molecule has 2 aromatic carbocycles. The first kappa shape index (κ1) is 22.6. The summed E-state index contributed by atoms with van der Waals surface area (Å²) in [6.07, 6.45) is 11.3. The number of hydrogen-bond acceptors (Lipinski definition) is 4. The van der Waals surface area contributed by atoms with Crippen molar-refractivity contribution in [2.24, 2.45) is 0 Å². The number of piperidine rings is 2. The van der Waals surface area contributed by atoms with Crippen molar-refractivity contribution in [1.82, 2.24) is 19.8 Å². The van der Waals surface area contributed by atoms with Gasteiger partial charge in [0.05, 0.1) is 11.0 Å². The minimum atomic E-state index is 0.329. The van der Waals surface area contributed by atoms with Gasteiger partial charge in [0, 0.05) is 23.0 Å². The molecular formula is C29H38N4S. The molecule has 3 aliphatic rings. The van der Waals surface area contributed by atoms with Crippen LogP contribution in [0.1, 0.15) is 62.4 Å². The Hall–Kier alpha value is -1.82. The fourth-order valence-electron chi connectivity index (χ4n) is 7.32. The van der Waals surface area contributed by atoms with E-state index in [1.54, 1.807) is 5.56 Å². The number of rotatable bonds is 6. The van der Waals surface area contributed by atoms with E-state index in [9.17, 15) is 0 Å². The standard InChI is InChI=1S/C29H38N4S/c1-21-31-27-5-3-4-6-28(27)33(21)25-19-23-9-10-24(20-25)32(23)18-15-29(13-16-30-17-14-29)22-7-11-26(34-2)12-8-22/h3-8,11-12,23-25,30H,9-10,13-20H2,1-2H3/t23-,24+,25?. The summed E-state index contributed by atoms with van der Waals surface area (Å²) in [5.41, 5.74) is 4.36.